The molecule has 7 nitrogen and oxygen atoms in total. The van der Waals surface area contributed by atoms with E-state index >= 15 is 0 Å². The molecule has 2 aliphatic heterocycles. The number of ether oxygens (including phenoxy) is 1. The summed E-state index contributed by atoms with van der Waals surface area (Å²) in [6.07, 6.45) is 2.73. The van der Waals surface area contributed by atoms with Crippen molar-refractivity contribution in [3.8, 4) is 0 Å². The number of ketones is 1. The third-order valence-corrected chi connectivity index (χ3v) is 8.54. The van der Waals surface area contributed by atoms with Crippen LogP contribution in [0.2, 0.25) is 0 Å². The highest BCUT2D eigenvalue weighted by molar-refractivity contribution is 9.09. The number of carbonyl (C=O) groups is 4. The Hall–Kier alpha value is -2.91. The fraction of sp³-hybridized carbons (Fsp3) is 0.379. The van der Waals surface area contributed by atoms with E-state index in [1.165, 1.54) is 16.7 Å². The van der Waals surface area contributed by atoms with Crippen LogP contribution in [-0.4, -0.2) is 51.0 Å². The molecule has 9 heteroatoms. The highest BCUT2D eigenvalue weighted by Crippen LogP contribution is 2.42. The van der Waals surface area contributed by atoms with E-state index in [2.05, 4.69) is 28.2 Å². The van der Waals surface area contributed by atoms with Gasteiger partial charge in [0.2, 0.25) is 5.91 Å². The first-order valence-electron chi connectivity index (χ1n) is 12.8. The monoisotopic (exact) mass is 598 g/mol. The maximum Gasteiger partial charge on any atom is 0.356 e. The number of unbranched alkanes of at least 4 members (excludes halogenated alkanes) is 2. The van der Waals surface area contributed by atoms with Crippen LogP contribution in [-0.2, 0) is 23.9 Å². The lowest BCUT2D eigenvalue weighted by atomic mass is 9.99. The number of rotatable bonds is 12. The van der Waals surface area contributed by atoms with E-state index in [1.807, 2.05) is 60.7 Å². The largest absolute Gasteiger partial charge is 0.448 e. The van der Waals surface area contributed by atoms with Gasteiger partial charge in [-0.1, -0.05) is 96.4 Å². The first-order valence-corrected chi connectivity index (χ1v) is 15.0. The zero-order chi connectivity index (χ0) is 27.1. The number of hydrogen-bond acceptors (Lipinski definition) is 6. The van der Waals surface area contributed by atoms with Crippen LogP contribution >= 0.6 is 27.7 Å². The number of fused-ring (bicyclic) bond motifs is 1. The maximum atomic E-state index is 13.8. The number of nitrogens with zero attached hydrogens (tertiary/aromatic N) is 1. The summed E-state index contributed by atoms with van der Waals surface area (Å²) < 4.78 is 6.15. The van der Waals surface area contributed by atoms with Gasteiger partial charge in [-0.2, -0.15) is 0 Å². The second-order valence-electron chi connectivity index (χ2n) is 9.32. The lowest BCUT2D eigenvalue weighted by molar-refractivity contribution is -0.154. The van der Waals surface area contributed by atoms with Crippen LogP contribution in [0.3, 0.4) is 0 Å². The molecule has 1 saturated heterocycles. The van der Waals surface area contributed by atoms with Gasteiger partial charge in [-0.3, -0.25) is 19.3 Å². The molecule has 1 N–H and O–H groups in total. The smallest absolute Gasteiger partial charge is 0.356 e. The van der Waals surface area contributed by atoms with Crippen molar-refractivity contribution in [3.63, 3.8) is 0 Å². The lowest BCUT2D eigenvalue weighted by Gasteiger charge is -2.50. The summed E-state index contributed by atoms with van der Waals surface area (Å²) in [5.41, 5.74) is 2.84. The molecule has 4 rings (SSSR count). The van der Waals surface area contributed by atoms with Crippen molar-refractivity contribution in [2.75, 3.05) is 11.1 Å². The van der Waals surface area contributed by atoms with Gasteiger partial charge in [0.1, 0.15) is 17.1 Å². The number of benzene rings is 2. The van der Waals surface area contributed by atoms with E-state index in [4.69, 9.17) is 4.74 Å². The van der Waals surface area contributed by atoms with E-state index in [1.54, 1.807) is 0 Å². The zero-order valence-electron chi connectivity index (χ0n) is 21.2. The number of halogens is 1. The summed E-state index contributed by atoms with van der Waals surface area (Å²) >= 11 is 4.57. The Bertz CT molecular complexity index is 1160. The summed E-state index contributed by atoms with van der Waals surface area (Å²) in [5, 5.41) is 2.34. The second-order valence-corrected chi connectivity index (χ2v) is 11.0. The lowest BCUT2D eigenvalue weighted by Crippen LogP contribution is -2.70. The first-order chi connectivity index (χ1) is 18.4. The van der Waals surface area contributed by atoms with E-state index in [0.29, 0.717) is 12.2 Å². The van der Waals surface area contributed by atoms with Crippen molar-refractivity contribution in [3.05, 3.63) is 83.1 Å². The van der Waals surface area contributed by atoms with Gasteiger partial charge in [0.15, 0.2) is 11.9 Å². The van der Waals surface area contributed by atoms with E-state index in [-0.39, 0.29) is 29.1 Å². The Labute approximate surface area is 235 Å². The van der Waals surface area contributed by atoms with Crippen LogP contribution < -0.4 is 5.32 Å². The van der Waals surface area contributed by atoms with Crippen LogP contribution in [0.5, 0.6) is 0 Å². The number of nitrogens with one attached hydrogen (secondary N) is 1. The Morgan fingerprint density at radius 2 is 1.68 bits per heavy atom. The fourth-order valence-corrected chi connectivity index (χ4v) is 6.24. The minimum Gasteiger partial charge on any atom is -0.448 e. The molecule has 2 atom stereocenters. The van der Waals surface area contributed by atoms with Gasteiger partial charge < -0.3 is 10.1 Å². The van der Waals surface area contributed by atoms with E-state index < -0.39 is 29.4 Å². The Kier molecular flexibility index (Phi) is 9.80. The molecule has 0 spiro atoms. The summed E-state index contributed by atoms with van der Waals surface area (Å²) in [4.78, 5) is 52.5. The van der Waals surface area contributed by atoms with Crippen LogP contribution in [0.1, 0.15) is 56.3 Å². The molecule has 2 aromatic carbocycles. The van der Waals surface area contributed by atoms with Crippen molar-refractivity contribution in [1.29, 1.82) is 0 Å². The molecule has 0 bridgehead atoms. The van der Waals surface area contributed by atoms with E-state index in [9.17, 15) is 19.2 Å². The minimum absolute atomic E-state index is 0.0766. The van der Waals surface area contributed by atoms with Crippen molar-refractivity contribution in [2.24, 2.45) is 0 Å². The number of esters is 1. The Morgan fingerprint density at radius 3 is 2.26 bits per heavy atom. The number of Topliss-reactive ketones (excluding diaryl/α,β-unsaturated/α-hetero) is 1. The van der Waals surface area contributed by atoms with Gasteiger partial charge in [0, 0.05) is 5.75 Å². The molecular weight excluding hydrogens is 568 g/mol. The molecule has 2 aliphatic rings. The predicted octanol–water partition coefficient (Wildman–Crippen LogP) is 4.91. The summed E-state index contributed by atoms with van der Waals surface area (Å²) in [5.74, 6) is -1.11. The third kappa shape index (κ3) is 6.38. The van der Waals surface area contributed by atoms with Crippen LogP contribution in [0, 0.1) is 0 Å². The molecule has 2 aromatic rings. The molecule has 0 aliphatic carbocycles. The molecule has 2 amide bonds. The predicted molar refractivity (Wildman–Crippen MR) is 150 cm³/mol. The minimum atomic E-state index is -0.783. The van der Waals surface area contributed by atoms with Gasteiger partial charge in [0.25, 0.3) is 5.91 Å². The van der Waals surface area contributed by atoms with Crippen molar-refractivity contribution in [1.82, 2.24) is 10.2 Å². The molecule has 2 heterocycles. The summed E-state index contributed by atoms with van der Waals surface area (Å²) in [6.45, 7) is 2.12. The van der Waals surface area contributed by atoms with Crippen LogP contribution in [0.15, 0.2) is 71.9 Å². The normalized spacial score (nSPS) is 18.6. The molecule has 0 saturated carbocycles. The molecule has 1 fully saturated rings. The quantitative estimate of drug-likeness (QED) is 0.123. The molecular formula is C29H31BrN2O5S. The van der Waals surface area contributed by atoms with E-state index in [0.717, 1.165) is 36.0 Å². The average Bonchev–Trinajstić information content (AvgIpc) is 2.95. The summed E-state index contributed by atoms with van der Waals surface area (Å²) in [7, 11) is 0. The molecule has 0 aromatic heterocycles. The molecule has 38 heavy (non-hydrogen) atoms. The molecule has 1 unspecified atom stereocenters. The number of β-lactam (4-membered cyclic amide) rings is 1. The average molecular weight is 600 g/mol. The molecule has 0 radical (unpaired) electrons. The SMILES string of the molecule is CCCCCC1=C(C(=O)OC(c2ccccc2)c2ccccc2)N2C(=O)C(NC(=O)CC(=O)CBr)[C@@H]2SC1. The third-order valence-electron chi connectivity index (χ3n) is 6.58. The number of amides is 2. The zero-order valence-corrected chi connectivity index (χ0v) is 23.6. The number of alkyl halides is 1. The van der Waals surface area contributed by atoms with Gasteiger partial charge in [0.05, 0.1) is 11.8 Å². The highest BCUT2D eigenvalue weighted by Gasteiger charge is 2.54. The molecule has 200 valence electrons. The number of hydrogen-bond donors (Lipinski definition) is 1. The van der Waals surface area contributed by atoms with Gasteiger partial charge in [-0.05, 0) is 29.5 Å². The van der Waals surface area contributed by atoms with Crippen LogP contribution in [0.25, 0.3) is 0 Å². The van der Waals surface area contributed by atoms with Crippen molar-refractivity contribution < 1.29 is 23.9 Å². The fourth-order valence-electron chi connectivity index (χ4n) is 4.65. The standard InChI is InChI=1S/C29H31BrN2O5S/c1-2-3-6-15-21-18-38-28-24(31-23(34)16-22(33)17-30)27(35)32(28)25(21)29(36)37-26(19-11-7-4-8-12-19)20-13-9-5-10-14-20/h4-5,7-14,24,26,28H,2-3,6,15-18H2,1H3,(H,31,34)/t24?,28-/m0/s1. The van der Waals surface area contributed by atoms with Gasteiger partial charge in [-0.15, -0.1) is 11.8 Å². The first kappa shape index (κ1) is 28.1. The van der Waals surface area contributed by atoms with Crippen LogP contribution in [0.4, 0.5) is 0 Å². The summed E-state index contributed by atoms with van der Waals surface area (Å²) in [6, 6.07) is 18.3. The van der Waals surface area contributed by atoms with Crippen molar-refractivity contribution in [2.45, 2.75) is 56.5 Å². The second kappa shape index (κ2) is 13.2. The van der Waals surface area contributed by atoms with Crippen molar-refractivity contribution >= 4 is 51.3 Å². The Balaban J connectivity index is 1.60. The highest BCUT2D eigenvalue weighted by atomic mass is 79.9. The Morgan fingerprint density at radius 1 is 1.05 bits per heavy atom. The van der Waals surface area contributed by atoms with Gasteiger partial charge >= 0.3 is 5.97 Å². The topological polar surface area (TPSA) is 92.8 Å². The van der Waals surface area contributed by atoms with Gasteiger partial charge in [-0.25, -0.2) is 4.79 Å². The maximum absolute atomic E-state index is 13.8. The number of thioether (sulfide) groups is 1. The number of carbonyl (C=O) groups excluding carboxylic acids is 4.